The number of amides is 2. The van der Waals surface area contributed by atoms with Crippen LogP contribution in [0.25, 0.3) is 0 Å². The van der Waals surface area contributed by atoms with E-state index in [0.717, 1.165) is 6.54 Å². The number of nitrogens with one attached hydrogen (secondary N) is 3. The van der Waals surface area contributed by atoms with E-state index in [1.54, 1.807) is 0 Å². The molecule has 0 radical (unpaired) electrons. The molecular formula is C13H25N3O2. The summed E-state index contributed by atoms with van der Waals surface area (Å²) in [5, 5.41) is 8.73. The van der Waals surface area contributed by atoms with Gasteiger partial charge < -0.3 is 16.0 Å². The molecule has 2 amide bonds. The van der Waals surface area contributed by atoms with Crippen LogP contribution in [0.2, 0.25) is 0 Å². The number of hydrogen-bond acceptors (Lipinski definition) is 3. The van der Waals surface area contributed by atoms with Gasteiger partial charge in [0.15, 0.2) is 0 Å². The third kappa shape index (κ3) is 7.27. The van der Waals surface area contributed by atoms with Crippen molar-refractivity contribution >= 4 is 11.8 Å². The van der Waals surface area contributed by atoms with Gasteiger partial charge in [-0.15, -0.1) is 0 Å². The van der Waals surface area contributed by atoms with Crippen LogP contribution >= 0.6 is 0 Å². The van der Waals surface area contributed by atoms with Gasteiger partial charge in [-0.05, 0) is 12.8 Å². The lowest BCUT2D eigenvalue weighted by molar-refractivity contribution is -0.125. The van der Waals surface area contributed by atoms with Gasteiger partial charge in [0.05, 0.1) is 6.54 Å². The first kappa shape index (κ1) is 15.0. The second-order valence-corrected chi connectivity index (χ2v) is 4.90. The molecule has 1 saturated carbocycles. The molecule has 1 rings (SSSR count). The second kappa shape index (κ2) is 8.91. The predicted octanol–water partition coefficient (Wildman–Crippen LogP) is 0.551. The Labute approximate surface area is 109 Å². The summed E-state index contributed by atoms with van der Waals surface area (Å²) in [6, 6.07) is 0.611. The molecule has 0 bridgehead atoms. The van der Waals surface area contributed by atoms with Crippen LogP contribution in [0.5, 0.6) is 0 Å². The molecule has 0 spiro atoms. The maximum Gasteiger partial charge on any atom is 0.239 e. The highest BCUT2D eigenvalue weighted by Crippen LogP contribution is 2.16. The van der Waals surface area contributed by atoms with Crippen LogP contribution in [0, 0.1) is 0 Å². The molecular weight excluding hydrogens is 230 g/mol. The fraction of sp³-hybridized carbons (Fsp3) is 0.846. The van der Waals surface area contributed by atoms with Gasteiger partial charge in [0, 0.05) is 26.1 Å². The average molecular weight is 255 g/mol. The summed E-state index contributed by atoms with van der Waals surface area (Å²) >= 11 is 0. The molecule has 0 heterocycles. The molecule has 0 aromatic carbocycles. The summed E-state index contributed by atoms with van der Waals surface area (Å²) in [4.78, 5) is 21.9. The SMILES string of the molecule is CC(=O)NCC(=O)NCCNC1CCCCCC1. The molecule has 1 aliphatic rings. The molecule has 0 aliphatic heterocycles. The van der Waals surface area contributed by atoms with E-state index >= 15 is 0 Å². The Morgan fingerprint density at radius 3 is 2.28 bits per heavy atom. The van der Waals surface area contributed by atoms with E-state index in [1.165, 1.54) is 45.4 Å². The van der Waals surface area contributed by atoms with Crippen LogP contribution in [-0.2, 0) is 9.59 Å². The molecule has 0 aromatic rings. The number of carbonyl (C=O) groups is 2. The first-order valence-corrected chi connectivity index (χ1v) is 6.93. The zero-order chi connectivity index (χ0) is 13.2. The normalized spacial score (nSPS) is 16.9. The van der Waals surface area contributed by atoms with Gasteiger partial charge in [-0.2, -0.15) is 0 Å². The first-order valence-electron chi connectivity index (χ1n) is 6.93. The maximum atomic E-state index is 11.3. The maximum absolute atomic E-state index is 11.3. The smallest absolute Gasteiger partial charge is 0.239 e. The van der Waals surface area contributed by atoms with E-state index in [4.69, 9.17) is 0 Å². The molecule has 3 N–H and O–H groups in total. The molecule has 1 fully saturated rings. The van der Waals surface area contributed by atoms with Gasteiger partial charge in [0.2, 0.25) is 11.8 Å². The van der Waals surface area contributed by atoms with E-state index in [9.17, 15) is 9.59 Å². The fourth-order valence-corrected chi connectivity index (χ4v) is 2.23. The molecule has 104 valence electrons. The average Bonchev–Trinajstić information content (AvgIpc) is 2.60. The van der Waals surface area contributed by atoms with Crippen LogP contribution in [0.3, 0.4) is 0 Å². The van der Waals surface area contributed by atoms with Crippen LogP contribution in [0.15, 0.2) is 0 Å². The molecule has 0 saturated heterocycles. The molecule has 0 aromatic heterocycles. The van der Waals surface area contributed by atoms with Crippen molar-refractivity contribution in [1.29, 1.82) is 0 Å². The Kier molecular flexibility index (Phi) is 7.41. The number of hydrogen-bond donors (Lipinski definition) is 3. The van der Waals surface area contributed by atoms with E-state index in [2.05, 4.69) is 16.0 Å². The topological polar surface area (TPSA) is 70.2 Å². The quantitative estimate of drug-likeness (QED) is 0.479. The standard InChI is InChI=1S/C13H25N3O2/c1-11(17)16-10-13(18)15-9-8-14-12-6-4-2-3-5-7-12/h12,14H,2-10H2,1H3,(H,15,18)(H,16,17). The predicted molar refractivity (Wildman–Crippen MR) is 71.2 cm³/mol. The highest BCUT2D eigenvalue weighted by Gasteiger charge is 2.10. The lowest BCUT2D eigenvalue weighted by Crippen LogP contribution is -2.40. The highest BCUT2D eigenvalue weighted by atomic mass is 16.2. The summed E-state index contributed by atoms with van der Waals surface area (Å²) in [6.45, 7) is 2.89. The van der Waals surface area contributed by atoms with E-state index < -0.39 is 0 Å². The lowest BCUT2D eigenvalue weighted by Gasteiger charge is -2.16. The molecule has 0 unspecified atom stereocenters. The monoisotopic (exact) mass is 255 g/mol. The van der Waals surface area contributed by atoms with Gasteiger partial charge in [-0.1, -0.05) is 25.7 Å². The summed E-state index contributed by atoms with van der Waals surface area (Å²) in [7, 11) is 0. The van der Waals surface area contributed by atoms with Crippen LogP contribution in [-0.4, -0.2) is 37.5 Å². The Morgan fingerprint density at radius 1 is 1.00 bits per heavy atom. The fourth-order valence-electron chi connectivity index (χ4n) is 2.23. The zero-order valence-corrected chi connectivity index (χ0v) is 11.3. The van der Waals surface area contributed by atoms with Crippen molar-refractivity contribution in [2.24, 2.45) is 0 Å². The van der Waals surface area contributed by atoms with Crippen LogP contribution < -0.4 is 16.0 Å². The molecule has 0 atom stereocenters. The number of rotatable bonds is 6. The largest absolute Gasteiger partial charge is 0.353 e. The molecule has 1 aliphatic carbocycles. The van der Waals surface area contributed by atoms with Crippen molar-refractivity contribution < 1.29 is 9.59 Å². The first-order chi connectivity index (χ1) is 8.68. The Morgan fingerprint density at radius 2 is 1.67 bits per heavy atom. The number of carbonyl (C=O) groups excluding carboxylic acids is 2. The van der Waals surface area contributed by atoms with Crippen molar-refractivity contribution in [3.05, 3.63) is 0 Å². The third-order valence-electron chi connectivity index (χ3n) is 3.23. The minimum absolute atomic E-state index is 0.0682. The summed E-state index contributed by atoms with van der Waals surface area (Å²) in [5.74, 6) is -0.311. The molecule has 5 heteroatoms. The summed E-state index contributed by atoms with van der Waals surface area (Å²) in [5.41, 5.74) is 0. The van der Waals surface area contributed by atoms with Crippen LogP contribution in [0.1, 0.15) is 45.4 Å². The minimum Gasteiger partial charge on any atom is -0.353 e. The zero-order valence-electron chi connectivity index (χ0n) is 11.3. The molecule has 18 heavy (non-hydrogen) atoms. The van der Waals surface area contributed by atoms with E-state index in [1.807, 2.05) is 0 Å². The summed E-state index contributed by atoms with van der Waals surface area (Å²) in [6.07, 6.45) is 7.83. The van der Waals surface area contributed by atoms with E-state index in [0.29, 0.717) is 12.6 Å². The van der Waals surface area contributed by atoms with Gasteiger partial charge in [-0.25, -0.2) is 0 Å². The highest BCUT2D eigenvalue weighted by molar-refractivity contribution is 5.83. The van der Waals surface area contributed by atoms with Gasteiger partial charge in [-0.3, -0.25) is 9.59 Å². The third-order valence-corrected chi connectivity index (χ3v) is 3.23. The second-order valence-electron chi connectivity index (χ2n) is 4.90. The van der Waals surface area contributed by atoms with Crippen LogP contribution in [0.4, 0.5) is 0 Å². The van der Waals surface area contributed by atoms with Gasteiger partial charge in [0.25, 0.3) is 0 Å². The van der Waals surface area contributed by atoms with Crippen molar-refractivity contribution in [3.63, 3.8) is 0 Å². The minimum atomic E-state index is -0.179. The van der Waals surface area contributed by atoms with E-state index in [-0.39, 0.29) is 18.4 Å². The lowest BCUT2D eigenvalue weighted by atomic mass is 10.1. The van der Waals surface area contributed by atoms with Gasteiger partial charge >= 0.3 is 0 Å². The van der Waals surface area contributed by atoms with Crippen molar-refractivity contribution in [2.45, 2.75) is 51.5 Å². The van der Waals surface area contributed by atoms with Crippen molar-refractivity contribution in [3.8, 4) is 0 Å². The molecule has 5 nitrogen and oxygen atoms in total. The van der Waals surface area contributed by atoms with Crippen molar-refractivity contribution in [1.82, 2.24) is 16.0 Å². The Balaban J connectivity index is 1.99. The van der Waals surface area contributed by atoms with Gasteiger partial charge in [0.1, 0.15) is 0 Å². The Bertz CT molecular complexity index is 261. The van der Waals surface area contributed by atoms with Crippen molar-refractivity contribution in [2.75, 3.05) is 19.6 Å². The summed E-state index contributed by atoms with van der Waals surface area (Å²) < 4.78 is 0. The Hall–Kier alpha value is -1.10.